The van der Waals surface area contributed by atoms with E-state index in [9.17, 15) is 0 Å². The van der Waals surface area contributed by atoms with Crippen molar-refractivity contribution in [1.29, 1.82) is 0 Å². The number of ether oxygens (including phenoxy) is 2. The number of methoxy groups -OCH3 is 2. The van der Waals surface area contributed by atoms with Crippen molar-refractivity contribution in [3.63, 3.8) is 0 Å². The molecule has 2 rings (SSSR count). The minimum atomic E-state index is -0.0111. The number of nitrogens with one attached hydrogen (secondary N) is 1. The molecule has 20 heavy (non-hydrogen) atoms. The van der Waals surface area contributed by atoms with Gasteiger partial charge < -0.3 is 9.47 Å². The molecule has 1 unspecified atom stereocenters. The van der Waals surface area contributed by atoms with Crippen LogP contribution in [-0.2, 0) is 11.2 Å². The summed E-state index contributed by atoms with van der Waals surface area (Å²) in [6, 6.07) is 5.80. The van der Waals surface area contributed by atoms with Crippen molar-refractivity contribution in [2.75, 3.05) is 14.2 Å². The summed E-state index contributed by atoms with van der Waals surface area (Å²) in [5.74, 6) is 6.55. The maximum absolute atomic E-state index is 6.07. The van der Waals surface area contributed by atoms with Crippen LogP contribution in [0.25, 0.3) is 0 Å². The fraction of sp³-hybridized carbons (Fsp3) is 0.600. The van der Waals surface area contributed by atoms with Gasteiger partial charge in [-0.15, -0.1) is 0 Å². The summed E-state index contributed by atoms with van der Waals surface area (Å²) in [5.41, 5.74) is 3.95. The Morgan fingerprint density at radius 3 is 2.65 bits per heavy atom. The molecule has 0 spiro atoms. The minimum absolute atomic E-state index is 0.0111. The fourth-order valence-corrected chi connectivity index (χ4v) is 3.07. The quantitative estimate of drug-likeness (QED) is 0.600. The Bertz CT molecular complexity index is 444. The van der Waals surface area contributed by atoms with Gasteiger partial charge in [0.2, 0.25) is 0 Å². The van der Waals surface area contributed by atoms with Crippen molar-refractivity contribution in [2.24, 2.45) is 5.84 Å². The van der Waals surface area contributed by atoms with Crippen LogP contribution < -0.4 is 16.0 Å². The lowest BCUT2D eigenvalue weighted by atomic mass is 9.75. The molecule has 0 heterocycles. The Hall–Kier alpha value is -0.810. The molecule has 0 amide bonds. The highest BCUT2D eigenvalue weighted by Gasteiger charge is 2.38. The predicted molar refractivity (Wildman–Crippen MR) is 81.0 cm³/mol. The average molecular weight is 299 g/mol. The van der Waals surface area contributed by atoms with Gasteiger partial charge >= 0.3 is 0 Å². The third-order valence-electron chi connectivity index (χ3n) is 4.26. The van der Waals surface area contributed by atoms with Gasteiger partial charge in [0.1, 0.15) is 5.75 Å². The first-order valence-corrected chi connectivity index (χ1v) is 7.34. The maximum Gasteiger partial charge on any atom is 0.122 e. The number of hydrogen-bond donors (Lipinski definition) is 2. The van der Waals surface area contributed by atoms with Gasteiger partial charge in [-0.3, -0.25) is 11.3 Å². The van der Waals surface area contributed by atoms with Crippen molar-refractivity contribution < 1.29 is 9.47 Å². The Balaban J connectivity index is 2.08. The van der Waals surface area contributed by atoms with E-state index in [1.807, 2.05) is 18.2 Å². The summed E-state index contributed by atoms with van der Waals surface area (Å²) in [5, 5.41) is 0.710. The molecule has 1 atom stereocenters. The molecule has 1 aliphatic carbocycles. The van der Waals surface area contributed by atoms with Crippen LogP contribution in [0.2, 0.25) is 5.02 Å². The van der Waals surface area contributed by atoms with Crippen molar-refractivity contribution >= 4 is 11.6 Å². The van der Waals surface area contributed by atoms with E-state index in [2.05, 4.69) is 5.43 Å². The zero-order chi connectivity index (χ0) is 14.6. The number of nitrogens with two attached hydrogens (primary N) is 1. The van der Waals surface area contributed by atoms with E-state index >= 15 is 0 Å². The average Bonchev–Trinajstić information content (AvgIpc) is 2.41. The second kappa shape index (κ2) is 6.76. The molecule has 0 saturated heterocycles. The lowest BCUT2D eigenvalue weighted by Gasteiger charge is -2.42. The van der Waals surface area contributed by atoms with Crippen LogP contribution in [0, 0.1) is 0 Å². The zero-order valence-corrected chi connectivity index (χ0v) is 12.9. The van der Waals surface area contributed by atoms with E-state index in [1.54, 1.807) is 14.2 Å². The molecule has 1 saturated carbocycles. The molecule has 0 aromatic heterocycles. The molecule has 5 heteroatoms. The Labute approximate surface area is 125 Å². The Morgan fingerprint density at radius 1 is 1.40 bits per heavy atom. The molecular weight excluding hydrogens is 276 g/mol. The highest BCUT2D eigenvalue weighted by Crippen LogP contribution is 2.39. The van der Waals surface area contributed by atoms with Gasteiger partial charge in [0.25, 0.3) is 0 Å². The van der Waals surface area contributed by atoms with E-state index in [-0.39, 0.29) is 11.6 Å². The van der Waals surface area contributed by atoms with Crippen LogP contribution >= 0.6 is 11.6 Å². The first-order chi connectivity index (χ1) is 9.62. The van der Waals surface area contributed by atoms with Gasteiger partial charge in [-0.2, -0.15) is 0 Å². The second-order valence-electron chi connectivity index (χ2n) is 5.47. The standard InChI is InChI=1S/C15H23ClN2O2/c1-19-14-5-4-12(16)8-11(14)9-13(18-17)10-15(20-2)6-3-7-15/h4-5,8,13,18H,3,6-7,9-10,17H2,1-2H3. The highest BCUT2D eigenvalue weighted by molar-refractivity contribution is 6.30. The zero-order valence-electron chi connectivity index (χ0n) is 12.1. The van der Waals surface area contributed by atoms with E-state index in [0.29, 0.717) is 5.02 Å². The largest absolute Gasteiger partial charge is 0.496 e. The molecule has 1 aliphatic rings. The SMILES string of the molecule is COc1ccc(Cl)cc1CC(CC1(OC)CCC1)NN. The first-order valence-electron chi connectivity index (χ1n) is 6.96. The van der Waals surface area contributed by atoms with Crippen LogP contribution in [0.3, 0.4) is 0 Å². The second-order valence-corrected chi connectivity index (χ2v) is 5.91. The predicted octanol–water partition coefficient (Wildman–Crippen LogP) is 2.68. The van der Waals surface area contributed by atoms with Crippen molar-refractivity contribution in [3.05, 3.63) is 28.8 Å². The molecular formula is C15H23ClN2O2. The van der Waals surface area contributed by atoms with E-state index in [4.69, 9.17) is 26.9 Å². The monoisotopic (exact) mass is 298 g/mol. The van der Waals surface area contributed by atoms with Crippen LogP contribution in [0.15, 0.2) is 18.2 Å². The molecule has 1 aromatic carbocycles. The summed E-state index contributed by atoms with van der Waals surface area (Å²) >= 11 is 6.07. The van der Waals surface area contributed by atoms with Crippen molar-refractivity contribution in [2.45, 2.75) is 43.7 Å². The van der Waals surface area contributed by atoms with E-state index in [0.717, 1.165) is 37.0 Å². The lowest BCUT2D eigenvalue weighted by molar-refractivity contribution is -0.0834. The number of hydrazine groups is 1. The van der Waals surface area contributed by atoms with Crippen LogP contribution in [-0.4, -0.2) is 25.9 Å². The highest BCUT2D eigenvalue weighted by atomic mass is 35.5. The Kier molecular flexibility index (Phi) is 5.27. The number of rotatable bonds is 7. The summed E-state index contributed by atoms with van der Waals surface area (Å²) in [4.78, 5) is 0. The van der Waals surface area contributed by atoms with Crippen molar-refractivity contribution in [1.82, 2.24) is 5.43 Å². The van der Waals surface area contributed by atoms with Gasteiger partial charge in [-0.1, -0.05) is 11.6 Å². The minimum Gasteiger partial charge on any atom is -0.496 e. The number of benzene rings is 1. The molecule has 0 aliphatic heterocycles. The van der Waals surface area contributed by atoms with Gasteiger partial charge in [0, 0.05) is 18.2 Å². The number of halogens is 1. The van der Waals surface area contributed by atoms with Crippen molar-refractivity contribution in [3.8, 4) is 5.75 Å². The lowest BCUT2D eigenvalue weighted by Crippen LogP contribution is -2.48. The molecule has 4 nitrogen and oxygen atoms in total. The first kappa shape index (κ1) is 15.6. The van der Waals surface area contributed by atoms with Gasteiger partial charge in [0.05, 0.1) is 12.7 Å². The molecule has 0 radical (unpaired) electrons. The van der Waals surface area contributed by atoms with Crippen LogP contribution in [0.4, 0.5) is 0 Å². The molecule has 112 valence electrons. The molecule has 0 bridgehead atoms. The van der Waals surface area contributed by atoms with E-state index < -0.39 is 0 Å². The van der Waals surface area contributed by atoms with Crippen LogP contribution in [0.1, 0.15) is 31.2 Å². The summed E-state index contributed by atoms with van der Waals surface area (Å²) in [6.45, 7) is 0. The normalized spacial score (nSPS) is 18.4. The van der Waals surface area contributed by atoms with Gasteiger partial charge in [0.15, 0.2) is 0 Å². The molecule has 1 aromatic rings. The smallest absolute Gasteiger partial charge is 0.122 e. The maximum atomic E-state index is 6.07. The number of hydrogen-bond acceptors (Lipinski definition) is 4. The Morgan fingerprint density at radius 2 is 2.15 bits per heavy atom. The fourth-order valence-electron chi connectivity index (χ4n) is 2.87. The van der Waals surface area contributed by atoms with Gasteiger partial charge in [-0.05, 0) is 55.9 Å². The molecule has 3 N–H and O–H groups in total. The summed E-state index contributed by atoms with van der Waals surface area (Å²) in [6.07, 6.45) is 5.11. The molecule has 1 fully saturated rings. The topological polar surface area (TPSA) is 56.5 Å². The third kappa shape index (κ3) is 3.44. The summed E-state index contributed by atoms with van der Waals surface area (Å²) < 4.78 is 11.1. The third-order valence-corrected chi connectivity index (χ3v) is 4.50. The van der Waals surface area contributed by atoms with Gasteiger partial charge in [-0.25, -0.2) is 0 Å². The van der Waals surface area contributed by atoms with E-state index in [1.165, 1.54) is 6.42 Å². The summed E-state index contributed by atoms with van der Waals surface area (Å²) in [7, 11) is 3.45. The van der Waals surface area contributed by atoms with Crippen LogP contribution in [0.5, 0.6) is 5.75 Å².